The molecule has 136 valence electrons. The van der Waals surface area contributed by atoms with Crippen molar-refractivity contribution in [2.45, 2.75) is 24.0 Å². The van der Waals surface area contributed by atoms with Crippen LogP contribution in [0.15, 0.2) is 56.7 Å². The number of hydrazone groups is 1. The van der Waals surface area contributed by atoms with Crippen LogP contribution in [0.4, 0.5) is 0 Å². The van der Waals surface area contributed by atoms with Crippen LogP contribution in [-0.2, 0) is 9.84 Å². The van der Waals surface area contributed by atoms with Crippen LogP contribution in [0.5, 0.6) is 0 Å². The maximum atomic E-state index is 12.7. The second kappa shape index (κ2) is 7.56. The Bertz CT molecular complexity index is 1010. The highest BCUT2D eigenvalue weighted by Crippen LogP contribution is 2.32. The van der Waals surface area contributed by atoms with Gasteiger partial charge in [0.2, 0.25) is 0 Å². The third-order valence-electron chi connectivity index (χ3n) is 3.65. The van der Waals surface area contributed by atoms with E-state index in [0.29, 0.717) is 10.6 Å². The van der Waals surface area contributed by atoms with Gasteiger partial charge < -0.3 is 4.57 Å². The average Bonchev–Trinajstić information content (AvgIpc) is 3.34. The van der Waals surface area contributed by atoms with E-state index >= 15 is 0 Å². The Morgan fingerprint density at radius 1 is 1.27 bits per heavy atom. The first-order valence-corrected chi connectivity index (χ1v) is 11.1. The van der Waals surface area contributed by atoms with Crippen LogP contribution >= 0.6 is 22.7 Å². The zero-order valence-electron chi connectivity index (χ0n) is 14.1. The van der Waals surface area contributed by atoms with Crippen molar-refractivity contribution in [3.8, 4) is 5.69 Å². The molecule has 0 saturated heterocycles. The molecular weight excluding hydrogens is 390 g/mol. The number of hydrogen-bond acceptors (Lipinski definition) is 6. The summed E-state index contributed by atoms with van der Waals surface area (Å²) in [6.45, 7) is 3.24. The van der Waals surface area contributed by atoms with Gasteiger partial charge in [-0.1, -0.05) is 0 Å². The van der Waals surface area contributed by atoms with Gasteiger partial charge in [-0.3, -0.25) is 4.79 Å². The van der Waals surface area contributed by atoms with E-state index in [1.165, 1.54) is 16.7 Å². The van der Waals surface area contributed by atoms with Crippen molar-refractivity contribution in [1.82, 2.24) is 9.99 Å². The first-order valence-electron chi connectivity index (χ1n) is 7.75. The topological polar surface area (TPSA) is 80.5 Å². The summed E-state index contributed by atoms with van der Waals surface area (Å²) in [6.07, 6.45) is 4.97. The van der Waals surface area contributed by atoms with Crippen molar-refractivity contribution in [3.63, 3.8) is 0 Å². The highest BCUT2D eigenvalue weighted by molar-refractivity contribution is 7.92. The molecule has 6 nitrogen and oxygen atoms in total. The van der Waals surface area contributed by atoms with E-state index in [0.717, 1.165) is 16.9 Å². The van der Waals surface area contributed by atoms with E-state index in [9.17, 15) is 13.2 Å². The lowest BCUT2D eigenvalue weighted by Crippen LogP contribution is -2.20. The molecule has 0 aliphatic carbocycles. The number of carbonyl (C=O) groups excluding carboxylic acids is 1. The zero-order chi connectivity index (χ0) is 18.7. The van der Waals surface area contributed by atoms with E-state index in [-0.39, 0.29) is 4.90 Å². The SMILES string of the molecule is CC(C)S(=O)(=O)c1csc(C(=O)NN=Cc2ccsc2)c1-n1cccc1. The molecule has 0 unspecified atom stereocenters. The van der Waals surface area contributed by atoms with E-state index in [2.05, 4.69) is 10.5 Å². The Kier molecular flexibility index (Phi) is 5.40. The van der Waals surface area contributed by atoms with Crippen molar-refractivity contribution in [1.29, 1.82) is 0 Å². The van der Waals surface area contributed by atoms with E-state index < -0.39 is 21.0 Å². The summed E-state index contributed by atoms with van der Waals surface area (Å²) in [6, 6.07) is 5.43. The summed E-state index contributed by atoms with van der Waals surface area (Å²) in [5, 5.41) is 8.70. The van der Waals surface area contributed by atoms with E-state index in [1.54, 1.807) is 49.2 Å². The molecule has 0 fully saturated rings. The maximum Gasteiger partial charge on any atom is 0.283 e. The highest BCUT2D eigenvalue weighted by atomic mass is 32.2. The first-order chi connectivity index (χ1) is 12.4. The van der Waals surface area contributed by atoms with Gasteiger partial charge >= 0.3 is 0 Å². The molecule has 3 rings (SSSR count). The minimum atomic E-state index is -3.53. The van der Waals surface area contributed by atoms with Crippen LogP contribution in [-0.4, -0.2) is 30.4 Å². The van der Waals surface area contributed by atoms with Gasteiger partial charge in [-0.2, -0.15) is 16.4 Å². The van der Waals surface area contributed by atoms with Gasteiger partial charge in [-0.25, -0.2) is 13.8 Å². The standard InChI is InChI=1S/C17H17N3O3S3/c1-12(2)26(22,23)14-11-25-16(15(14)20-6-3-4-7-20)17(21)19-18-9-13-5-8-24-10-13/h3-12H,1-2H3,(H,19,21). The maximum absolute atomic E-state index is 12.7. The molecule has 26 heavy (non-hydrogen) atoms. The summed E-state index contributed by atoms with van der Waals surface area (Å²) >= 11 is 2.62. The number of thiophene rings is 2. The van der Waals surface area contributed by atoms with Gasteiger partial charge in [0.1, 0.15) is 9.77 Å². The molecule has 3 heterocycles. The van der Waals surface area contributed by atoms with Crippen LogP contribution in [0.1, 0.15) is 29.1 Å². The molecular formula is C17H17N3O3S3. The Labute approximate surface area is 159 Å². The van der Waals surface area contributed by atoms with Gasteiger partial charge in [0.05, 0.1) is 17.2 Å². The van der Waals surface area contributed by atoms with Crippen LogP contribution < -0.4 is 5.43 Å². The fraction of sp³-hybridized carbons (Fsp3) is 0.176. The molecule has 1 N–H and O–H groups in total. The largest absolute Gasteiger partial charge is 0.321 e. The Morgan fingerprint density at radius 3 is 2.62 bits per heavy atom. The van der Waals surface area contributed by atoms with Gasteiger partial charge in [0, 0.05) is 23.3 Å². The minimum Gasteiger partial charge on any atom is -0.321 e. The number of nitrogens with one attached hydrogen (secondary N) is 1. The van der Waals surface area contributed by atoms with Crippen LogP contribution in [0.3, 0.4) is 0 Å². The normalized spacial score (nSPS) is 12.1. The average molecular weight is 408 g/mol. The molecule has 0 saturated carbocycles. The van der Waals surface area contributed by atoms with Crippen LogP contribution in [0.2, 0.25) is 0 Å². The summed E-state index contributed by atoms with van der Waals surface area (Å²) in [5.41, 5.74) is 3.71. The van der Waals surface area contributed by atoms with Crippen molar-refractivity contribution in [2.24, 2.45) is 5.10 Å². The Morgan fingerprint density at radius 2 is 2.00 bits per heavy atom. The van der Waals surface area contributed by atoms with Crippen LogP contribution in [0, 0.1) is 0 Å². The predicted octanol–water partition coefficient (Wildman–Crippen LogP) is 3.55. The molecule has 0 bridgehead atoms. The van der Waals surface area contributed by atoms with Gasteiger partial charge in [-0.05, 0) is 42.8 Å². The molecule has 0 aliphatic rings. The summed E-state index contributed by atoms with van der Waals surface area (Å²) in [7, 11) is -3.53. The third kappa shape index (κ3) is 3.64. The van der Waals surface area contributed by atoms with Crippen molar-refractivity contribution < 1.29 is 13.2 Å². The van der Waals surface area contributed by atoms with Gasteiger partial charge in [0.15, 0.2) is 9.84 Å². The summed E-state index contributed by atoms with van der Waals surface area (Å²) in [5.74, 6) is -0.449. The van der Waals surface area contributed by atoms with Gasteiger partial charge in [0.25, 0.3) is 5.91 Å². The number of amides is 1. The number of hydrogen-bond donors (Lipinski definition) is 1. The summed E-state index contributed by atoms with van der Waals surface area (Å²) < 4.78 is 27.0. The lowest BCUT2D eigenvalue weighted by atomic mass is 10.3. The smallest absolute Gasteiger partial charge is 0.283 e. The molecule has 0 aromatic carbocycles. The molecule has 0 spiro atoms. The van der Waals surface area contributed by atoms with E-state index in [4.69, 9.17) is 0 Å². The predicted molar refractivity (Wildman–Crippen MR) is 105 cm³/mol. The zero-order valence-corrected chi connectivity index (χ0v) is 16.6. The number of carbonyl (C=O) groups is 1. The molecule has 0 atom stereocenters. The van der Waals surface area contributed by atoms with Crippen molar-refractivity contribution in [2.75, 3.05) is 0 Å². The summed E-state index contributed by atoms with van der Waals surface area (Å²) in [4.78, 5) is 13.0. The van der Waals surface area contributed by atoms with Crippen LogP contribution in [0.25, 0.3) is 5.69 Å². The molecule has 3 aromatic rings. The molecule has 0 aliphatic heterocycles. The molecule has 0 radical (unpaired) electrons. The highest BCUT2D eigenvalue weighted by Gasteiger charge is 2.29. The molecule has 1 amide bonds. The van der Waals surface area contributed by atoms with Gasteiger partial charge in [-0.15, -0.1) is 11.3 Å². The Balaban J connectivity index is 1.97. The number of sulfone groups is 1. The number of rotatable bonds is 6. The fourth-order valence-corrected chi connectivity index (χ4v) is 5.40. The molecule has 9 heteroatoms. The first kappa shape index (κ1) is 18.6. The number of nitrogens with zero attached hydrogens (tertiary/aromatic N) is 2. The fourth-order valence-electron chi connectivity index (χ4n) is 2.25. The molecule has 3 aromatic heterocycles. The minimum absolute atomic E-state index is 0.153. The lowest BCUT2D eigenvalue weighted by molar-refractivity contribution is 0.0959. The lowest BCUT2D eigenvalue weighted by Gasteiger charge is -2.11. The van der Waals surface area contributed by atoms with Crippen molar-refractivity contribution in [3.05, 3.63) is 57.2 Å². The van der Waals surface area contributed by atoms with E-state index in [1.807, 2.05) is 16.8 Å². The second-order valence-electron chi connectivity index (χ2n) is 5.72. The monoisotopic (exact) mass is 407 g/mol. The number of aromatic nitrogens is 1. The second-order valence-corrected chi connectivity index (χ2v) is 9.85. The Hall–Kier alpha value is -2.23. The van der Waals surface area contributed by atoms with Crippen molar-refractivity contribution >= 4 is 44.6 Å². The third-order valence-corrected chi connectivity index (χ3v) is 7.64. The quantitative estimate of drug-likeness (QED) is 0.501.